The third-order valence-electron chi connectivity index (χ3n) is 4.65. The van der Waals surface area contributed by atoms with Gasteiger partial charge in [-0.25, -0.2) is 4.99 Å². The Kier molecular flexibility index (Phi) is 6.67. The lowest BCUT2D eigenvalue weighted by Gasteiger charge is -2.10. The molecule has 0 radical (unpaired) electrons. The molecule has 2 amide bonds. The van der Waals surface area contributed by atoms with Crippen LogP contribution in [0.3, 0.4) is 0 Å². The summed E-state index contributed by atoms with van der Waals surface area (Å²) in [6.07, 6.45) is 0.742. The fourth-order valence-corrected chi connectivity index (χ4v) is 3.11. The van der Waals surface area contributed by atoms with Gasteiger partial charge in [-0.15, -0.1) is 0 Å². The molecule has 158 valence electrons. The lowest BCUT2D eigenvalue weighted by molar-refractivity contribution is -0.117. The Labute approximate surface area is 180 Å². The number of methoxy groups -OCH3 is 2. The van der Waals surface area contributed by atoms with E-state index in [2.05, 4.69) is 15.6 Å². The summed E-state index contributed by atoms with van der Waals surface area (Å²) in [6.45, 7) is 2.37. The number of ether oxygens (including phenoxy) is 2. The number of amidine groups is 1. The van der Waals surface area contributed by atoms with Crippen LogP contribution >= 0.6 is 0 Å². The molecule has 2 aromatic rings. The smallest absolute Gasteiger partial charge is 0.264 e. The molecular weight excluding hydrogens is 396 g/mol. The molecule has 0 spiro atoms. The van der Waals surface area contributed by atoms with Gasteiger partial charge in [-0.3, -0.25) is 9.59 Å². The van der Waals surface area contributed by atoms with Gasteiger partial charge in [0, 0.05) is 23.2 Å². The Morgan fingerprint density at radius 3 is 2.42 bits per heavy atom. The van der Waals surface area contributed by atoms with Gasteiger partial charge < -0.3 is 20.1 Å². The van der Waals surface area contributed by atoms with E-state index in [0.717, 1.165) is 6.42 Å². The third-order valence-corrected chi connectivity index (χ3v) is 4.65. The molecular formula is C23H22N4O4. The van der Waals surface area contributed by atoms with E-state index >= 15 is 0 Å². The molecule has 3 rings (SSSR count). The highest BCUT2D eigenvalue weighted by Gasteiger charge is 2.27. The maximum atomic E-state index is 12.9. The van der Waals surface area contributed by atoms with Crippen molar-refractivity contribution < 1.29 is 19.1 Å². The highest BCUT2D eigenvalue weighted by molar-refractivity contribution is 6.20. The van der Waals surface area contributed by atoms with Gasteiger partial charge in [-0.2, -0.15) is 5.26 Å². The first-order chi connectivity index (χ1) is 15.0. The van der Waals surface area contributed by atoms with Gasteiger partial charge in [0.15, 0.2) is 11.5 Å². The van der Waals surface area contributed by atoms with Gasteiger partial charge in [0.2, 0.25) is 0 Å². The molecule has 31 heavy (non-hydrogen) atoms. The van der Waals surface area contributed by atoms with Crippen molar-refractivity contribution in [2.45, 2.75) is 13.3 Å². The molecule has 0 saturated carbocycles. The molecule has 0 unspecified atom stereocenters. The van der Waals surface area contributed by atoms with Crippen LogP contribution in [0.5, 0.6) is 11.5 Å². The first kappa shape index (κ1) is 21.6. The minimum absolute atomic E-state index is 0.101. The topological polar surface area (TPSA) is 113 Å². The minimum Gasteiger partial charge on any atom is -0.493 e. The van der Waals surface area contributed by atoms with E-state index in [9.17, 15) is 14.9 Å². The van der Waals surface area contributed by atoms with E-state index in [1.165, 1.54) is 14.2 Å². The van der Waals surface area contributed by atoms with Crippen LogP contribution in [-0.4, -0.2) is 38.4 Å². The predicted molar refractivity (Wildman–Crippen MR) is 116 cm³/mol. The van der Waals surface area contributed by atoms with Crippen molar-refractivity contribution in [2.24, 2.45) is 4.99 Å². The summed E-state index contributed by atoms with van der Waals surface area (Å²) in [5, 5.41) is 15.0. The van der Waals surface area contributed by atoms with Gasteiger partial charge in [0.25, 0.3) is 11.8 Å². The Bertz CT molecular complexity index is 1130. The number of hydrogen-bond donors (Lipinski definition) is 2. The monoisotopic (exact) mass is 418 g/mol. The van der Waals surface area contributed by atoms with Crippen LogP contribution < -0.4 is 20.1 Å². The maximum Gasteiger partial charge on any atom is 0.264 e. The average Bonchev–Trinajstić information content (AvgIpc) is 3.15. The standard InChI is InChI=1S/C23H22N4O4/c1-4-11-25-23(29)17(13-24)20-15-7-5-6-8-16(15)21(26-20)27-22(28)14-9-10-18(30-2)19(12-14)31-3/h5-10,12H,4,11H2,1-3H3,(H,25,29)(H,26,27,28)/b20-17-. The molecule has 0 saturated heterocycles. The SMILES string of the molecule is CCCNC(=O)/C(C#N)=C1\N=C(NC(=O)c2ccc(OC)c(OC)c2)c2ccccc21. The lowest BCUT2D eigenvalue weighted by Crippen LogP contribution is -2.30. The predicted octanol–water partition coefficient (Wildman–Crippen LogP) is 2.65. The van der Waals surface area contributed by atoms with Crippen LogP contribution in [-0.2, 0) is 4.79 Å². The molecule has 2 N–H and O–H groups in total. The van der Waals surface area contributed by atoms with E-state index in [1.807, 2.05) is 13.0 Å². The maximum absolute atomic E-state index is 12.9. The van der Waals surface area contributed by atoms with Crippen LogP contribution in [0.4, 0.5) is 0 Å². The Balaban J connectivity index is 1.97. The van der Waals surface area contributed by atoms with Gasteiger partial charge in [0.1, 0.15) is 17.5 Å². The van der Waals surface area contributed by atoms with Crippen molar-refractivity contribution >= 4 is 23.3 Å². The summed E-state index contributed by atoms with van der Waals surface area (Å²) in [4.78, 5) is 29.7. The number of nitriles is 1. The second kappa shape index (κ2) is 9.59. The van der Waals surface area contributed by atoms with Crippen molar-refractivity contribution in [3.63, 3.8) is 0 Å². The minimum atomic E-state index is -0.495. The van der Waals surface area contributed by atoms with Gasteiger partial charge in [-0.05, 0) is 24.6 Å². The first-order valence-electron chi connectivity index (χ1n) is 9.68. The van der Waals surface area contributed by atoms with Crippen LogP contribution in [0.15, 0.2) is 53.0 Å². The molecule has 0 bridgehead atoms. The quantitative estimate of drug-likeness (QED) is 0.553. The van der Waals surface area contributed by atoms with E-state index in [1.54, 1.807) is 42.5 Å². The van der Waals surface area contributed by atoms with Crippen molar-refractivity contribution in [1.29, 1.82) is 5.26 Å². The number of nitrogens with zero attached hydrogens (tertiary/aromatic N) is 2. The number of nitrogens with one attached hydrogen (secondary N) is 2. The Hall–Kier alpha value is -4.12. The van der Waals surface area contributed by atoms with E-state index < -0.39 is 11.8 Å². The first-order valence-corrected chi connectivity index (χ1v) is 9.68. The number of benzene rings is 2. The van der Waals surface area contributed by atoms with E-state index in [-0.39, 0.29) is 17.1 Å². The molecule has 1 aliphatic rings. The number of fused-ring (bicyclic) bond motifs is 1. The van der Waals surface area contributed by atoms with Crippen LogP contribution in [0.1, 0.15) is 34.8 Å². The second-order valence-electron chi connectivity index (χ2n) is 6.62. The van der Waals surface area contributed by atoms with Crippen molar-refractivity contribution in [3.05, 3.63) is 64.7 Å². The summed E-state index contributed by atoms with van der Waals surface area (Å²) in [5.41, 5.74) is 1.71. The van der Waals surface area contributed by atoms with Crippen LogP contribution in [0.25, 0.3) is 5.70 Å². The number of amides is 2. The molecule has 0 atom stereocenters. The Morgan fingerprint density at radius 1 is 1.06 bits per heavy atom. The summed E-state index contributed by atoms with van der Waals surface area (Å²) < 4.78 is 10.5. The van der Waals surface area contributed by atoms with Gasteiger partial charge in [0.05, 0.1) is 19.9 Å². The molecule has 8 heteroatoms. The lowest BCUT2D eigenvalue weighted by atomic mass is 10.0. The Morgan fingerprint density at radius 2 is 1.77 bits per heavy atom. The zero-order chi connectivity index (χ0) is 22.4. The largest absolute Gasteiger partial charge is 0.493 e. The number of hydrogen-bond acceptors (Lipinski definition) is 6. The average molecular weight is 418 g/mol. The molecule has 0 aliphatic carbocycles. The fraction of sp³-hybridized carbons (Fsp3) is 0.217. The molecule has 0 aromatic heterocycles. The molecule has 2 aromatic carbocycles. The van der Waals surface area contributed by atoms with Crippen LogP contribution in [0, 0.1) is 11.3 Å². The third kappa shape index (κ3) is 4.41. The fourth-order valence-electron chi connectivity index (χ4n) is 3.11. The van der Waals surface area contributed by atoms with E-state index in [4.69, 9.17) is 9.47 Å². The number of rotatable bonds is 6. The number of carbonyl (C=O) groups excluding carboxylic acids is 2. The molecule has 0 fully saturated rings. The van der Waals surface area contributed by atoms with Gasteiger partial charge >= 0.3 is 0 Å². The highest BCUT2D eigenvalue weighted by Crippen LogP contribution is 2.31. The normalized spacial score (nSPS) is 13.4. The highest BCUT2D eigenvalue weighted by atomic mass is 16.5. The van der Waals surface area contributed by atoms with Gasteiger partial charge in [-0.1, -0.05) is 31.2 Å². The summed E-state index contributed by atoms with van der Waals surface area (Å²) in [5.74, 6) is 0.282. The number of carbonyl (C=O) groups is 2. The molecule has 8 nitrogen and oxygen atoms in total. The summed E-state index contributed by atoms with van der Waals surface area (Å²) >= 11 is 0. The zero-order valence-corrected chi connectivity index (χ0v) is 17.5. The molecule has 1 aliphatic heterocycles. The second-order valence-corrected chi connectivity index (χ2v) is 6.62. The van der Waals surface area contributed by atoms with Crippen LogP contribution in [0.2, 0.25) is 0 Å². The van der Waals surface area contributed by atoms with E-state index in [0.29, 0.717) is 34.7 Å². The summed E-state index contributed by atoms with van der Waals surface area (Å²) in [7, 11) is 3.00. The van der Waals surface area contributed by atoms with Crippen molar-refractivity contribution in [2.75, 3.05) is 20.8 Å². The molecule has 1 heterocycles. The number of aliphatic imine (C=N–C) groups is 1. The van der Waals surface area contributed by atoms with Crippen molar-refractivity contribution in [1.82, 2.24) is 10.6 Å². The van der Waals surface area contributed by atoms with Crippen molar-refractivity contribution in [3.8, 4) is 17.6 Å². The zero-order valence-electron chi connectivity index (χ0n) is 17.5. The summed E-state index contributed by atoms with van der Waals surface area (Å²) in [6, 6.07) is 13.9.